The van der Waals surface area contributed by atoms with E-state index in [1.54, 1.807) is 0 Å². The average molecular weight is 189 g/mol. The van der Waals surface area contributed by atoms with Crippen molar-refractivity contribution in [1.82, 2.24) is 0 Å². The largest absolute Gasteiger partial charge is 0.328 e. The standard InChI is InChI=1S/C12H15NO/c1-8-5-11(10-3-4-10)12(13-7-14)6-9(8)2/h5-7,10H,3-4H2,1-2H3,(H,13,14). The van der Waals surface area contributed by atoms with Gasteiger partial charge in [0.2, 0.25) is 6.41 Å². The number of amides is 1. The molecule has 1 aliphatic rings. The Hall–Kier alpha value is -1.31. The Balaban J connectivity index is 2.43. The lowest BCUT2D eigenvalue weighted by Crippen LogP contribution is -1.99. The van der Waals surface area contributed by atoms with Crippen LogP contribution in [-0.4, -0.2) is 6.41 Å². The number of nitrogens with one attached hydrogen (secondary N) is 1. The van der Waals surface area contributed by atoms with Gasteiger partial charge in [0, 0.05) is 5.69 Å². The molecule has 14 heavy (non-hydrogen) atoms. The fraction of sp³-hybridized carbons (Fsp3) is 0.417. The summed E-state index contributed by atoms with van der Waals surface area (Å²) in [5, 5.41) is 2.78. The third kappa shape index (κ3) is 1.65. The van der Waals surface area contributed by atoms with Crippen LogP contribution in [0.3, 0.4) is 0 Å². The smallest absolute Gasteiger partial charge is 0.211 e. The highest BCUT2D eigenvalue weighted by molar-refractivity contribution is 5.75. The first-order chi connectivity index (χ1) is 6.72. The molecule has 2 nitrogen and oxygen atoms in total. The molecular weight excluding hydrogens is 174 g/mol. The van der Waals surface area contributed by atoms with Crippen molar-refractivity contribution >= 4 is 12.1 Å². The predicted molar refractivity (Wildman–Crippen MR) is 57.6 cm³/mol. The Kier molecular flexibility index (Phi) is 2.28. The molecule has 1 N–H and O–H groups in total. The summed E-state index contributed by atoms with van der Waals surface area (Å²) in [5.41, 5.74) is 4.84. The molecule has 0 aromatic heterocycles. The molecule has 0 radical (unpaired) electrons. The van der Waals surface area contributed by atoms with E-state index >= 15 is 0 Å². The van der Waals surface area contributed by atoms with Gasteiger partial charge in [0.15, 0.2) is 0 Å². The minimum atomic E-state index is 0.678. The quantitative estimate of drug-likeness (QED) is 0.728. The van der Waals surface area contributed by atoms with Crippen molar-refractivity contribution in [2.45, 2.75) is 32.6 Å². The van der Waals surface area contributed by atoms with Crippen molar-refractivity contribution in [2.24, 2.45) is 0 Å². The Bertz CT molecular complexity index is 367. The van der Waals surface area contributed by atoms with Gasteiger partial charge in [0.05, 0.1) is 0 Å². The van der Waals surface area contributed by atoms with Gasteiger partial charge in [-0.05, 0) is 55.4 Å². The van der Waals surface area contributed by atoms with Gasteiger partial charge < -0.3 is 5.32 Å². The fourth-order valence-electron chi connectivity index (χ4n) is 1.76. The van der Waals surface area contributed by atoms with Crippen molar-refractivity contribution in [1.29, 1.82) is 0 Å². The van der Waals surface area contributed by atoms with Gasteiger partial charge in [-0.3, -0.25) is 4.79 Å². The van der Waals surface area contributed by atoms with Crippen molar-refractivity contribution < 1.29 is 4.79 Å². The van der Waals surface area contributed by atoms with E-state index in [1.165, 1.54) is 29.5 Å². The number of hydrogen-bond acceptors (Lipinski definition) is 1. The molecule has 1 amide bonds. The molecule has 0 spiro atoms. The SMILES string of the molecule is Cc1cc(NC=O)c(C2CC2)cc1C. The van der Waals surface area contributed by atoms with E-state index in [0.29, 0.717) is 5.92 Å². The van der Waals surface area contributed by atoms with Gasteiger partial charge in [-0.1, -0.05) is 6.07 Å². The van der Waals surface area contributed by atoms with Crippen LogP contribution in [0.2, 0.25) is 0 Å². The van der Waals surface area contributed by atoms with E-state index < -0.39 is 0 Å². The van der Waals surface area contributed by atoms with E-state index in [4.69, 9.17) is 0 Å². The van der Waals surface area contributed by atoms with Gasteiger partial charge in [-0.25, -0.2) is 0 Å². The molecule has 0 bridgehead atoms. The first-order valence-corrected chi connectivity index (χ1v) is 5.03. The second-order valence-corrected chi connectivity index (χ2v) is 4.06. The third-order valence-corrected chi connectivity index (χ3v) is 2.90. The molecule has 74 valence electrons. The molecule has 1 fully saturated rings. The van der Waals surface area contributed by atoms with Crippen LogP contribution >= 0.6 is 0 Å². The van der Waals surface area contributed by atoms with Crippen LogP contribution in [0.5, 0.6) is 0 Å². The molecule has 0 aliphatic heterocycles. The molecule has 0 saturated heterocycles. The summed E-state index contributed by atoms with van der Waals surface area (Å²) in [7, 11) is 0. The van der Waals surface area contributed by atoms with E-state index in [9.17, 15) is 4.79 Å². The van der Waals surface area contributed by atoms with Crippen LogP contribution in [0.15, 0.2) is 12.1 Å². The van der Waals surface area contributed by atoms with Gasteiger partial charge in [0.1, 0.15) is 0 Å². The second kappa shape index (κ2) is 3.45. The molecule has 1 saturated carbocycles. The first kappa shape index (κ1) is 9.25. The maximum Gasteiger partial charge on any atom is 0.211 e. The summed E-state index contributed by atoms with van der Waals surface area (Å²) < 4.78 is 0. The zero-order chi connectivity index (χ0) is 10.1. The van der Waals surface area contributed by atoms with Gasteiger partial charge in [-0.15, -0.1) is 0 Å². The van der Waals surface area contributed by atoms with Crippen LogP contribution < -0.4 is 5.32 Å². The predicted octanol–water partition coefficient (Wildman–Crippen LogP) is 2.75. The lowest BCUT2D eigenvalue weighted by Gasteiger charge is -2.10. The van der Waals surface area contributed by atoms with Crippen molar-refractivity contribution in [2.75, 3.05) is 5.32 Å². The second-order valence-electron chi connectivity index (χ2n) is 4.06. The molecule has 0 unspecified atom stereocenters. The highest BCUT2D eigenvalue weighted by Gasteiger charge is 2.26. The van der Waals surface area contributed by atoms with Crippen molar-refractivity contribution in [3.8, 4) is 0 Å². The summed E-state index contributed by atoms with van der Waals surface area (Å²) in [6.07, 6.45) is 3.28. The monoisotopic (exact) mass is 189 g/mol. The van der Waals surface area contributed by atoms with Gasteiger partial charge in [0.25, 0.3) is 0 Å². The van der Waals surface area contributed by atoms with Crippen LogP contribution in [-0.2, 0) is 4.79 Å². The van der Waals surface area contributed by atoms with Crippen LogP contribution in [0, 0.1) is 13.8 Å². The number of aryl methyl sites for hydroxylation is 2. The molecule has 0 heterocycles. The zero-order valence-corrected chi connectivity index (χ0v) is 8.63. The number of rotatable bonds is 3. The summed E-state index contributed by atoms with van der Waals surface area (Å²) in [5.74, 6) is 0.678. The Labute approximate surface area is 84.3 Å². The normalized spacial score (nSPS) is 15.3. The molecule has 2 rings (SSSR count). The maximum atomic E-state index is 10.5. The summed E-state index contributed by atoms with van der Waals surface area (Å²) in [6.45, 7) is 4.19. The van der Waals surface area contributed by atoms with Crippen LogP contribution in [0.1, 0.15) is 35.4 Å². The Morgan fingerprint density at radius 2 is 1.93 bits per heavy atom. The zero-order valence-electron chi connectivity index (χ0n) is 8.63. The van der Waals surface area contributed by atoms with Gasteiger partial charge in [-0.2, -0.15) is 0 Å². The molecular formula is C12H15NO. The Morgan fingerprint density at radius 3 is 2.50 bits per heavy atom. The maximum absolute atomic E-state index is 10.5. The average Bonchev–Trinajstić information content (AvgIpc) is 2.94. The third-order valence-electron chi connectivity index (χ3n) is 2.90. The van der Waals surface area contributed by atoms with E-state index in [0.717, 1.165) is 12.1 Å². The molecule has 2 heteroatoms. The van der Waals surface area contributed by atoms with Crippen LogP contribution in [0.4, 0.5) is 5.69 Å². The summed E-state index contributed by atoms with van der Waals surface area (Å²) in [4.78, 5) is 10.5. The Morgan fingerprint density at radius 1 is 1.29 bits per heavy atom. The van der Waals surface area contributed by atoms with Gasteiger partial charge >= 0.3 is 0 Å². The first-order valence-electron chi connectivity index (χ1n) is 5.03. The highest BCUT2D eigenvalue weighted by Crippen LogP contribution is 2.44. The fourth-order valence-corrected chi connectivity index (χ4v) is 1.76. The van der Waals surface area contributed by atoms with Crippen molar-refractivity contribution in [3.63, 3.8) is 0 Å². The summed E-state index contributed by atoms with van der Waals surface area (Å²) in [6, 6.07) is 4.27. The van der Waals surface area contributed by atoms with Crippen molar-refractivity contribution in [3.05, 3.63) is 28.8 Å². The molecule has 1 aromatic rings. The number of carbonyl (C=O) groups excluding carboxylic acids is 1. The molecule has 1 aliphatic carbocycles. The van der Waals surface area contributed by atoms with E-state index in [1.807, 2.05) is 0 Å². The molecule has 1 aromatic carbocycles. The van der Waals surface area contributed by atoms with E-state index in [-0.39, 0.29) is 0 Å². The number of carbonyl (C=O) groups is 1. The highest BCUT2D eigenvalue weighted by atomic mass is 16.1. The van der Waals surface area contributed by atoms with Crippen LogP contribution in [0.25, 0.3) is 0 Å². The summed E-state index contributed by atoms with van der Waals surface area (Å²) >= 11 is 0. The van der Waals surface area contributed by atoms with E-state index in [2.05, 4.69) is 31.3 Å². The lowest BCUT2D eigenvalue weighted by atomic mass is 10.0. The number of hydrogen-bond donors (Lipinski definition) is 1. The minimum absolute atomic E-state index is 0.678. The minimum Gasteiger partial charge on any atom is -0.328 e. The number of benzene rings is 1. The number of anilines is 1. The lowest BCUT2D eigenvalue weighted by molar-refractivity contribution is -0.105. The topological polar surface area (TPSA) is 29.1 Å². The molecule has 0 atom stereocenters.